The number of aliphatic hydroxyl groups is 1. The van der Waals surface area contributed by atoms with Crippen LogP contribution in [-0.4, -0.2) is 41.2 Å². The van der Waals surface area contributed by atoms with E-state index in [9.17, 15) is 9.90 Å². The second kappa shape index (κ2) is 4.04. The van der Waals surface area contributed by atoms with Crippen LogP contribution >= 0.6 is 0 Å². The molecule has 1 N–H and O–H groups in total. The number of ether oxygens (including phenoxy) is 2. The SMILES string of the molecule is O=C1CC23CCCN2CCc2cc4c(cc2C3=C1O)OCO4. The summed E-state index contributed by atoms with van der Waals surface area (Å²) >= 11 is 0. The number of rotatable bonds is 0. The van der Waals surface area contributed by atoms with Crippen molar-refractivity contribution in [3.05, 3.63) is 29.0 Å². The van der Waals surface area contributed by atoms with Gasteiger partial charge in [-0.25, -0.2) is 0 Å². The number of fused-ring (bicyclic) bond motifs is 3. The van der Waals surface area contributed by atoms with E-state index in [4.69, 9.17) is 9.47 Å². The van der Waals surface area contributed by atoms with E-state index in [1.165, 1.54) is 0 Å². The summed E-state index contributed by atoms with van der Waals surface area (Å²) in [4.78, 5) is 14.6. The van der Waals surface area contributed by atoms with Gasteiger partial charge >= 0.3 is 0 Å². The van der Waals surface area contributed by atoms with Crippen LogP contribution in [0.3, 0.4) is 0 Å². The van der Waals surface area contributed by atoms with E-state index in [0.717, 1.165) is 54.8 Å². The van der Waals surface area contributed by atoms with E-state index < -0.39 is 0 Å². The Bertz CT molecular complexity index is 738. The molecule has 22 heavy (non-hydrogen) atoms. The molecule has 1 aromatic rings. The molecule has 3 aliphatic heterocycles. The first-order chi connectivity index (χ1) is 10.7. The van der Waals surface area contributed by atoms with E-state index in [2.05, 4.69) is 4.90 Å². The summed E-state index contributed by atoms with van der Waals surface area (Å²) in [5.74, 6) is 1.29. The summed E-state index contributed by atoms with van der Waals surface area (Å²) in [7, 11) is 0. The number of Topliss-reactive ketones (excluding diaryl/α,β-unsaturated/α-hetero) is 1. The molecule has 3 heterocycles. The molecule has 5 heteroatoms. The van der Waals surface area contributed by atoms with Crippen LogP contribution in [0.5, 0.6) is 11.5 Å². The van der Waals surface area contributed by atoms with Crippen molar-refractivity contribution >= 4 is 11.4 Å². The number of benzene rings is 1. The highest BCUT2D eigenvalue weighted by Gasteiger charge is 2.53. The van der Waals surface area contributed by atoms with Gasteiger partial charge in [0.2, 0.25) is 6.79 Å². The molecule has 1 spiro atoms. The summed E-state index contributed by atoms with van der Waals surface area (Å²) in [6.07, 6.45) is 3.32. The van der Waals surface area contributed by atoms with Crippen molar-refractivity contribution in [2.45, 2.75) is 31.2 Å². The van der Waals surface area contributed by atoms with Crippen molar-refractivity contribution in [3.8, 4) is 11.5 Å². The van der Waals surface area contributed by atoms with E-state index >= 15 is 0 Å². The quantitative estimate of drug-likeness (QED) is 0.794. The normalized spacial score (nSPS) is 29.4. The summed E-state index contributed by atoms with van der Waals surface area (Å²) < 4.78 is 11.0. The molecule has 0 aromatic heterocycles. The largest absolute Gasteiger partial charge is 0.504 e. The highest BCUT2D eigenvalue weighted by Crippen LogP contribution is 2.53. The average Bonchev–Trinajstić information content (AvgIpc) is 3.15. The Kier molecular flexibility index (Phi) is 2.30. The van der Waals surface area contributed by atoms with E-state index in [0.29, 0.717) is 12.2 Å². The number of carbonyl (C=O) groups is 1. The van der Waals surface area contributed by atoms with Crippen molar-refractivity contribution in [2.75, 3.05) is 19.9 Å². The first kappa shape index (κ1) is 12.5. The van der Waals surface area contributed by atoms with Crippen LogP contribution in [0.15, 0.2) is 17.9 Å². The van der Waals surface area contributed by atoms with Gasteiger partial charge in [-0.05, 0) is 49.1 Å². The Labute approximate surface area is 128 Å². The molecule has 0 amide bonds. The maximum Gasteiger partial charge on any atom is 0.231 e. The third kappa shape index (κ3) is 1.40. The smallest absolute Gasteiger partial charge is 0.231 e. The van der Waals surface area contributed by atoms with Gasteiger partial charge in [-0.15, -0.1) is 0 Å². The zero-order valence-electron chi connectivity index (χ0n) is 12.2. The van der Waals surface area contributed by atoms with Crippen LogP contribution in [0, 0.1) is 0 Å². The van der Waals surface area contributed by atoms with Crippen molar-refractivity contribution in [3.63, 3.8) is 0 Å². The van der Waals surface area contributed by atoms with Gasteiger partial charge in [-0.2, -0.15) is 0 Å². The van der Waals surface area contributed by atoms with E-state index in [-0.39, 0.29) is 23.9 Å². The number of nitrogens with zero attached hydrogens (tertiary/aromatic N) is 1. The molecule has 1 aliphatic carbocycles. The first-order valence-electron chi connectivity index (χ1n) is 7.84. The van der Waals surface area contributed by atoms with Crippen molar-refractivity contribution in [1.82, 2.24) is 4.90 Å². The third-order valence-corrected chi connectivity index (χ3v) is 5.56. The summed E-state index contributed by atoms with van der Waals surface area (Å²) in [6, 6.07) is 3.96. The van der Waals surface area contributed by atoms with Gasteiger partial charge in [-0.1, -0.05) is 0 Å². The molecule has 0 bridgehead atoms. The fourth-order valence-electron chi connectivity index (χ4n) is 4.60. The lowest BCUT2D eigenvalue weighted by molar-refractivity contribution is -0.118. The molecule has 1 saturated heterocycles. The standard InChI is InChI=1S/C17H17NO4/c19-12-8-17-3-1-4-18(17)5-2-10-6-13-14(22-9-21-13)7-11(10)15(17)16(12)20/h6-7,20H,1-5,8-9H2. The maximum absolute atomic E-state index is 12.2. The molecule has 5 nitrogen and oxygen atoms in total. The Balaban J connectivity index is 1.79. The lowest BCUT2D eigenvalue weighted by Gasteiger charge is -2.35. The lowest BCUT2D eigenvalue weighted by Crippen LogP contribution is -2.43. The van der Waals surface area contributed by atoms with E-state index in [1.807, 2.05) is 12.1 Å². The van der Waals surface area contributed by atoms with Crippen LogP contribution in [0.25, 0.3) is 5.57 Å². The van der Waals surface area contributed by atoms with Gasteiger partial charge in [0, 0.05) is 18.5 Å². The molecule has 1 atom stereocenters. The summed E-state index contributed by atoms with van der Waals surface area (Å²) in [5.41, 5.74) is 2.62. The van der Waals surface area contributed by atoms with E-state index in [1.54, 1.807) is 0 Å². The van der Waals surface area contributed by atoms with Gasteiger partial charge < -0.3 is 14.6 Å². The van der Waals surface area contributed by atoms with Gasteiger partial charge in [0.05, 0.1) is 5.54 Å². The van der Waals surface area contributed by atoms with Crippen molar-refractivity contribution < 1.29 is 19.4 Å². The second-order valence-corrected chi connectivity index (χ2v) is 6.56. The number of hydrogen-bond acceptors (Lipinski definition) is 5. The molecular weight excluding hydrogens is 282 g/mol. The molecule has 0 radical (unpaired) electrons. The minimum absolute atomic E-state index is 0.0473. The van der Waals surface area contributed by atoms with Crippen LogP contribution in [0.4, 0.5) is 0 Å². The Morgan fingerprint density at radius 1 is 1.18 bits per heavy atom. The topological polar surface area (TPSA) is 59.0 Å². The van der Waals surface area contributed by atoms with Crippen LogP contribution in [0.2, 0.25) is 0 Å². The molecular formula is C17H17NO4. The predicted octanol–water partition coefficient (Wildman–Crippen LogP) is 2.05. The van der Waals surface area contributed by atoms with Gasteiger partial charge in [0.1, 0.15) is 0 Å². The second-order valence-electron chi connectivity index (χ2n) is 6.56. The average molecular weight is 299 g/mol. The zero-order chi connectivity index (χ0) is 14.9. The Morgan fingerprint density at radius 3 is 2.86 bits per heavy atom. The fourth-order valence-corrected chi connectivity index (χ4v) is 4.60. The minimum Gasteiger partial charge on any atom is -0.504 e. The maximum atomic E-state index is 12.2. The Hall–Kier alpha value is -2.01. The number of aliphatic hydroxyl groups excluding tert-OH is 1. The first-order valence-corrected chi connectivity index (χ1v) is 7.84. The molecule has 1 fully saturated rings. The van der Waals surface area contributed by atoms with Gasteiger partial charge in [0.25, 0.3) is 0 Å². The van der Waals surface area contributed by atoms with Gasteiger partial charge in [0.15, 0.2) is 23.0 Å². The highest BCUT2D eigenvalue weighted by atomic mass is 16.7. The minimum atomic E-state index is -0.305. The molecule has 5 rings (SSSR count). The third-order valence-electron chi connectivity index (χ3n) is 5.56. The number of allylic oxidation sites excluding steroid dienone is 1. The van der Waals surface area contributed by atoms with Crippen molar-refractivity contribution in [1.29, 1.82) is 0 Å². The highest BCUT2D eigenvalue weighted by molar-refractivity contribution is 6.09. The number of carbonyl (C=O) groups excluding carboxylic acids is 1. The Morgan fingerprint density at radius 2 is 2.00 bits per heavy atom. The monoisotopic (exact) mass is 299 g/mol. The zero-order valence-corrected chi connectivity index (χ0v) is 12.2. The van der Waals surface area contributed by atoms with Gasteiger partial charge in [-0.3, -0.25) is 9.69 Å². The summed E-state index contributed by atoms with van der Waals surface area (Å²) in [5, 5.41) is 10.5. The van der Waals surface area contributed by atoms with Crippen LogP contribution < -0.4 is 9.47 Å². The molecule has 0 saturated carbocycles. The number of ketones is 1. The molecule has 114 valence electrons. The molecule has 1 aromatic carbocycles. The van der Waals surface area contributed by atoms with Crippen LogP contribution in [0.1, 0.15) is 30.4 Å². The number of hydrogen-bond donors (Lipinski definition) is 1. The summed E-state index contributed by atoms with van der Waals surface area (Å²) in [6.45, 7) is 2.14. The molecule has 1 unspecified atom stereocenters. The molecule has 4 aliphatic rings. The predicted molar refractivity (Wildman–Crippen MR) is 79.0 cm³/mol. The van der Waals surface area contributed by atoms with Crippen molar-refractivity contribution in [2.24, 2.45) is 0 Å². The fraction of sp³-hybridized carbons (Fsp3) is 0.471. The lowest BCUT2D eigenvalue weighted by atomic mass is 9.83. The van der Waals surface area contributed by atoms with Crippen LogP contribution in [-0.2, 0) is 11.2 Å².